The molecule has 0 fully saturated rings. The van der Waals surface area contributed by atoms with E-state index in [1.54, 1.807) is 18.5 Å². The summed E-state index contributed by atoms with van der Waals surface area (Å²) < 4.78 is 0. The molecule has 0 spiro atoms. The van der Waals surface area contributed by atoms with Crippen molar-refractivity contribution in [2.45, 2.75) is 6.92 Å². The first-order chi connectivity index (χ1) is 6.27. The van der Waals surface area contributed by atoms with E-state index in [0.29, 0.717) is 10.8 Å². The van der Waals surface area contributed by atoms with Gasteiger partial charge in [-0.15, -0.1) is 4.80 Å². The van der Waals surface area contributed by atoms with Gasteiger partial charge in [-0.3, -0.25) is 0 Å². The molecule has 5 heteroatoms. The van der Waals surface area contributed by atoms with E-state index in [1.807, 2.05) is 13.0 Å². The molecule has 0 aliphatic rings. The second-order valence-electron chi connectivity index (χ2n) is 2.58. The second-order valence-corrected chi connectivity index (χ2v) is 2.98. The van der Waals surface area contributed by atoms with Gasteiger partial charge in [0.1, 0.15) is 0 Å². The Balaban J connectivity index is 2.57. The SMILES string of the molecule is Cc1ccc(Cl)c(-n2nccn2)n1. The molecule has 0 aromatic carbocycles. The maximum absolute atomic E-state index is 5.92. The topological polar surface area (TPSA) is 43.6 Å². The third-order valence-electron chi connectivity index (χ3n) is 1.57. The fourth-order valence-electron chi connectivity index (χ4n) is 0.991. The lowest BCUT2D eigenvalue weighted by atomic mass is 10.4. The van der Waals surface area contributed by atoms with E-state index in [9.17, 15) is 0 Å². The third-order valence-corrected chi connectivity index (χ3v) is 1.87. The summed E-state index contributed by atoms with van der Waals surface area (Å²) in [5.74, 6) is 0.562. The Morgan fingerprint density at radius 1 is 1.23 bits per heavy atom. The summed E-state index contributed by atoms with van der Waals surface area (Å²) >= 11 is 5.92. The molecule has 0 amide bonds. The summed E-state index contributed by atoms with van der Waals surface area (Å²) in [6, 6.07) is 3.62. The van der Waals surface area contributed by atoms with Gasteiger partial charge in [0.05, 0.1) is 17.4 Å². The highest BCUT2D eigenvalue weighted by molar-refractivity contribution is 6.32. The summed E-state index contributed by atoms with van der Waals surface area (Å²) in [5.41, 5.74) is 0.886. The van der Waals surface area contributed by atoms with Crippen molar-refractivity contribution in [3.63, 3.8) is 0 Å². The van der Waals surface area contributed by atoms with Crippen LogP contribution in [0.4, 0.5) is 0 Å². The molecule has 2 rings (SSSR count). The van der Waals surface area contributed by atoms with E-state index >= 15 is 0 Å². The Morgan fingerprint density at radius 3 is 2.62 bits per heavy atom. The summed E-state index contributed by atoms with van der Waals surface area (Å²) in [6.45, 7) is 1.89. The molecule has 0 aliphatic carbocycles. The number of aromatic nitrogens is 4. The largest absolute Gasteiger partial charge is 0.231 e. The monoisotopic (exact) mass is 194 g/mol. The summed E-state index contributed by atoms with van der Waals surface area (Å²) in [4.78, 5) is 5.62. The van der Waals surface area contributed by atoms with Gasteiger partial charge in [0.2, 0.25) is 0 Å². The van der Waals surface area contributed by atoms with E-state index < -0.39 is 0 Å². The zero-order valence-corrected chi connectivity index (χ0v) is 7.73. The van der Waals surface area contributed by atoms with Crippen LogP contribution >= 0.6 is 11.6 Å². The van der Waals surface area contributed by atoms with E-state index in [1.165, 1.54) is 4.80 Å². The molecular weight excluding hydrogens is 188 g/mol. The van der Waals surface area contributed by atoms with Crippen LogP contribution in [-0.2, 0) is 0 Å². The Morgan fingerprint density at radius 2 is 1.92 bits per heavy atom. The van der Waals surface area contributed by atoms with Gasteiger partial charge in [-0.25, -0.2) is 4.98 Å². The molecule has 4 nitrogen and oxygen atoms in total. The maximum Gasteiger partial charge on any atom is 0.193 e. The third kappa shape index (κ3) is 1.53. The number of pyridine rings is 1. The first-order valence-electron chi connectivity index (χ1n) is 3.77. The molecular formula is C8H7ClN4. The quantitative estimate of drug-likeness (QED) is 0.693. The van der Waals surface area contributed by atoms with Crippen LogP contribution in [0.5, 0.6) is 0 Å². The van der Waals surface area contributed by atoms with Crippen LogP contribution in [0.15, 0.2) is 24.5 Å². The smallest absolute Gasteiger partial charge is 0.193 e. The molecule has 13 heavy (non-hydrogen) atoms. The first kappa shape index (κ1) is 8.19. The van der Waals surface area contributed by atoms with Gasteiger partial charge in [0, 0.05) is 5.69 Å². The van der Waals surface area contributed by atoms with Gasteiger partial charge in [-0.1, -0.05) is 11.6 Å². The maximum atomic E-state index is 5.92. The zero-order chi connectivity index (χ0) is 9.26. The van der Waals surface area contributed by atoms with Gasteiger partial charge < -0.3 is 0 Å². The van der Waals surface area contributed by atoms with E-state index in [-0.39, 0.29) is 0 Å². The van der Waals surface area contributed by atoms with Crippen LogP contribution in [0, 0.1) is 6.92 Å². The van der Waals surface area contributed by atoms with Crippen molar-refractivity contribution in [3.05, 3.63) is 35.2 Å². The average Bonchev–Trinajstić information content (AvgIpc) is 2.61. The Labute approximate surface area is 80.2 Å². The van der Waals surface area contributed by atoms with Gasteiger partial charge in [0.15, 0.2) is 5.82 Å². The van der Waals surface area contributed by atoms with Crippen molar-refractivity contribution < 1.29 is 0 Å². The minimum atomic E-state index is 0.543. The van der Waals surface area contributed by atoms with Crippen molar-refractivity contribution in [1.82, 2.24) is 20.0 Å². The van der Waals surface area contributed by atoms with Crippen molar-refractivity contribution in [3.8, 4) is 5.82 Å². The molecule has 66 valence electrons. The second kappa shape index (κ2) is 3.14. The molecule has 0 aliphatic heterocycles. The van der Waals surface area contributed by atoms with E-state index in [4.69, 9.17) is 11.6 Å². The number of hydrogen-bond donors (Lipinski definition) is 0. The molecule has 0 radical (unpaired) electrons. The van der Waals surface area contributed by atoms with Gasteiger partial charge in [-0.05, 0) is 19.1 Å². The fourth-order valence-corrected chi connectivity index (χ4v) is 1.17. The van der Waals surface area contributed by atoms with Crippen LogP contribution in [-0.4, -0.2) is 20.0 Å². The van der Waals surface area contributed by atoms with E-state index in [2.05, 4.69) is 15.2 Å². The lowest BCUT2D eigenvalue weighted by Gasteiger charge is -2.01. The number of halogens is 1. The summed E-state index contributed by atoms with van der Waals surface area (Å²) in [6.07, 6.45) is 3.17. The number of hydrogen-bond acceptors (Lipinski definition) is 3. The average molecular weight is 195 g/mol. The normalized spacial score (nSPS) is 10.3. The molecule has 2 aromatic rings. The molecule has 2 heterocycles. The Hall–Kier alpha value is -1.42. The van der Waals surface area contributed by atoms with Crippen LogP contribution in [0.25, 0.3) is 5.82 Å². The number of nitrogens with zero attached hydrogens (tertiary/aromatic N) is 4. The fraction of sp³-hybridized carbons (Fsp3) is 0.125. The predicted octanol–water partition coefficient (Wildman–Crippen LogP) is 1.62. The van der Waals surface area contributed by atoms with E-state index in [0.717, 1.165) is 5.69 Å². The molecule has 0 saturated heterocycles. The standard InChI is InChI=1S/C8H7ClN4/c1-6-2-3-7(9)8(12-6)13-10-4-5-11-13/h2-5H,1H3. The van der Waals surface area contributed by atoms with Crippen molar-refractivity contribution in [1.29, 1.82) is 0 Å². The highest BCUT2D eigenvalue weighted by Crippen LogP contribution is 2.16. The van der Waals surface area contributed by atoms with Crippen LogP contribution in [0.3, 0.4) is 0 Å². The van der Waals surface area contributed by atoms with Crippen LogP contribution in [0.1, 0.15) is 5.69 Å². The molecule has 0 unspecified atom stereocenters. The first-order valence-corrected chi connectivity index (χ1v) is 4.15. The lowest BCUT2D eigenvalue weighted by Crippen LogP contribution is -2.03. The Bertz CT molecular complexity index is 410. The van der Waals surface area contributed by atoms with Crippen LogP contribution in [0.2, 0.25) is 5.02 Å². The van der Waals surface area contributed by atoms with Gasteiger partial charge in [-0.2, -0.15) is 10.2 Å². The molecule has 0 saturated carbocycles. The van der Waals surface area contributed by atoms with Crippen molar-refractivity contribution in [2.75, 3.05) is 0 Å². The Kier molecular flexibility index (Phi) is 1.98. The highest BCUT2D eigenvalue weighted by Gasteiger charge is 2.05. The van der Waals surface area contributed by atoms with Crippen LogP contribution < -0.4 is 0 Å². The lowest BCUT2D eigenvalue weighted by molar-refractivity contribution is 0.726. The predicted molar refractivity (Wildman–Crippen MR) is 48.9 cm³/mol. The van der Waals surface area contributed by atoms with Crippen molar-refractivity contribution in [2.24, 2.45) is 0 Å². The van der Waals surface area contributed by atoms with Crippen molar-refractivity contribution >= 4 is 11.6 Å². The van der Waals surface area contributed by atoms with Gasteiger partial charge >= 0.3 is 0 Å². The minimum absolute atomic E-state index is 0.543. The molecule has 0 atom stereocenters. The number of rotatable bonds is 1. The summed E-state index contributed by atoms with van der Waals surface area (Å²) in [5, 5.41) is 8.44. The number of aryl methyl sites for hydroxylation is 1. The highest BCUT2D eigenvalue weighted by atomic mass is 35.5. The zero-order valence-electron chi connectivity index (χ0n) is 6.98. The summed E-state index contributed by atoms with van der Waals surface area (Å²) in [7, 11) is 0. The minimum Gasteiger partial charge on any atom is -0.231 e. The molecule has 2 aromatic heterocycles. The molecule has 0 bridgehead atoms. The van der Waals surface area contributed by atoms with Gasteiger partial charge in [0.25, 0.3) is 0 Å². The molecule has 0 N–H and O–H groups in total.